The van der Waals surface area contributed by atoms with Crippen molar-refractivity contribution in [2.45, 2.75) is 6.04 Å². The van der Waals surface area contributed by atoms with E-state index in [-0.39, 0.29) is 6.04 Å². The molecule has 1 amide bonds. The number of rotatable bonds is 7. The molecule has 0 heterocycles. The first-order chi connectivity index (χ1) is 11.4. The third-order valence-corrected chi connectivity index (χ3v) is 4.05. The molecule has 0 saturated heterocycles. The molecule has 0 unspecified atom stereocenters. The van der Waals surface area contributed by atoms with E-state index in [0.29, 0.717) is 11.3 Å². The Hall–Kier alpha value is -2.53. The summed E-state index contributed by atoms with van der Waals surface area (Å²) < 4.78 is 5.33. The van der Waals surface area contributed by atoms with Crippen molar-refractivity contribution >= 4 is 11.6 Å². The van der Waals surface area contributed by atoms with Crippen molar-refractivity contribution in [1.82, 2.24) is 4.90 Å². The van der Waals surface area contributed by atoms with E-state index < -0.39 is 5.91 Å². The SMILES string of the molecule is COc1cc(N(C)[C@H](CN(C)C)c2ccccc2)ccc1C(N)=O. The molecule has 0 saturated carbocycles. The molecule has 2 rings (SSSR count). The number of benzene rings is 2. The van der Waals surface area contributed by atoms with Crippen molar-refractivity contribution in [3.05, 3.63) is 59.7 Å². The number of hydrogen-bond donors (Lipinski definition) is 1. The van der Waals surface area contributed by atoms with Gasteiger partial charge in [-0.05, 0) is 31.8 Å². The molecule has 2 aromatic carbocycles. The van der Waals surface area contributed by atoms with Crippen molar-refractivity contribution in [3.63, 3.8) is 0 Å². The fourth-order valence-electron chi connectivity index (χ4n) is 2.76. The van der Waals surface area contributed by atoms with Crippen LogP contribution in [0.3, 0.4) is 0 Å². The molecule has 0 aliphatic rings. The van der Waals surface area contributed by atoms with Crippen LogP contribution in [0.15, 0.2) is 48.5 Å². The molecule has 0 aromatic heterocycles. The number of nitrogens with zero attached hydrogens (tertiary/aromatic N) is 2. The number of methoxy groups -OCH3 is 1. The molecular formula is C19H25N3O2. The summed E-state index contributed by atoms with van der Waals surface area (Å²) in [5.74, 6) is -0.00234. The lowest BCUT2D eigenvalue weighted by Gasteiger charge is -2.33. The summed E-state index contributed by atoms with van der Waals surface area (Å²) in [6.45, 7) is 0.862. The number of carbonyl (C=O) groups excluding carboxylic acids is 1. The van der Waals surface area contributed by atoms with E-state index in [1.807, 2.05) is 37.4 Å². The standard InChI is InChI=1S/C19H25N3O2/c1-21(2)13-17(14-8-6-5-7-9-14)22(3)15-10-11-16(19(20)23)18(12-15)24-4/h5-12,17H,13H2,1-4H3,(H2,20,23)/t17-/m1/s1. The van der Waals surface area contributed by atoms with Crippen LogP contribution in [0.2, 0.25) is 0 Å². The molecule has 5 nitrogen and oxygen atoms in total. The van der Waals surface area contributed by atoms with Crippen molar-refractivity contribution in [1.29, 1.82) is 0 Å². The number of anilines is 1. The Balaban J connectivity index is 2.39. The highest BCUT2D eigenvalue weighted by Crippen LogP contribution is 2.30. The minimum Gasteiger partial charge on any atom is -0.496 e. The largest absolute Gasteiger partial charge is 0.496 e. The van der Waals surface area contributed by atoms with Gasteiger partial charge in [-0.2, -0.15) is 0 Å². The van der Waals surface area contributed by atoms with Gasteiger partial charge >= 0.3 is 0 Å². The van der Waals surface area contributed by atoms with E-state index in [1.54, 1.807) is 13.2 Å². The Kier molecular flexibility index (Phi) is 5.82. The molecule has 0 spiro atoms. The van der Waals surface area contributed by atoms with Crippen molar-refractivity contribution in [2.75, 3.05) is 39.7 Å². The first kappa shape index (κ1) is 17.8. The Morgan fingerprint density at radius 2 is 1.79 bits per heavy atom. The fraction of sp³-hybridized carbons (Fsp3) is 0.316. The second kappa shape index (κ2) is 7.84. The number of hydrogen-bond acceptors (Lipinski definition) is 4. The van der Waals surface area contributed by atoms with E-state index in [0.717, 1.165) is 12.2 Å². The van der Waals surface area contributed by atoms with Gasteiger partial charge in [0.15, 0.2) is 0 Å². The highest BCUT2D eigenvalue weighted by atomic mass is 16.5. The smallest absolute Gasteiger partial charge is 0.252 e. The lowest BCUT2D eigenvalue weighted by molar-refractivity contribution is 0.0997. The van der Waals surface area contributed by atoms with Gasteiger partial charge in [0.1, 0.15) is 5.75 Å². The minimum absolute atomic E-state index is 0.172. The third-order valence-electron chi connectivity index (χ3n) is 4.05. The van der Waals surface area contributed by atoms with E-state index in [9.17, 15) is 4.79 Å². The Labute approximate surface area is 143 Å². The average molecular weight is 327 g/mol. The number of carbonyl (C=O) groups is 1. The topological polar surface area (TPSA) is 58.8 Å². The summed E-state index contributed by atoms with van der Waals surface area (Å²) in [7, 11) is 7.70. The van der Waals surface area contributed by atoms with Crippen LogP contribution >= 0.6 is 0 Å². The van der Waals surface area contributed by atoms with Gasteiger partial charge in [-0.3, -0.25) is 4.79 Å². The summed E-state index contributed by atoms with van der Waals surface area (Å²) in [6, 6.07) is 16.0. The van der Waals surface area contributed by atoms with E-state index in [2.05, 4.69) is 36.0 Å². The lowest BCUT2D eigenvalue weighted by atomic mass is 10.0. The molecule has 128 valence electrons. The van der Waals surface area contributed by atoms with Crippen LogP contribution in [-0.4, -0.2) is 45.6 Å². The predicted octanol–water partition coefficient (Wildman–Crippen LogP) is 2.53. The van der Waals surface area contributed by atoms with E-state index >= 15 is 0 Å². The Bertz CT molecular complexity index is 686. The summed E-state index contributed by atoms with van der Waals surface area (Å²) >= 11 is 0. The molecule has 1 atom stereocenters. The highest BCUT2D eigenvalue weighted by Gasteiger charge is 2.20. The quantitative estimate of drug-likeness (QED) is 0.849. The molecule has 0 aliphatic carbocycles. The first-order valence-corrected chi connectivity index (χ1v) is 7.84. The Morgan fingerprint density at radius 1 is 1.12 bits per heavy atom. The van der Waals surface area contributed by atoms with Gasteiger partial charge in [0, 0.05) is 25.3 Å². The predicted molar refractivity (Wildman–Crippen MR) is 97.7 cm³/mol. The van der Waals surface area contributed by atoms with Crippen molar-refractivity contribution in [2.24, 2.45) is 5.73 Å². The monoisotopic (exact) mass is 327 g/mol. The van der Waals surface area contributed by atoms with Crippen LogP contribution in [0.5, 0.6) is 5.75 Å². The van der Waals surface area contributed by atoms with Gasteiger partial charge in [-0.15, -0.1) is 0 Å². The zero-order valence-electron chi connectivity index (χ0n) is 14.7. The van der Waals surface area contributed by atoms with Crippen LogP contribution in [0, 0.1) is 0 Å². The van der Waals surface area contributed by atoms with Gasteiger partial charge in [0.05, 0.1) is 18.7 Å². The van der Waals surface area contributed by atoms with E-state index in [4.69, 9.17) is 10.5 Å². The van der Waals surface area contributed by atoms with Gasteiger partial charge in [0.25, 0.3) is 5.91 Å². The normalized spacial score (nSPS) is 12.0. The van der Waals surface area contributed by atoms with Crippen LogP contribution in [-0.2, 0) is 0 Å². The van der Waals surface area contributed by atoms with Crippen LogP contribution in [0.1, 0.15) is 22.0 Å². The number of amides is 1. The van der Waals surface area contributed by atoms with Gasteiger partial charge in [-0.1, -0.05) is 30.3 Å². The summed E-state index contributed by atoms with van der Waals surface area (Å²) in [4.78, 5) is 15.8. The number of primary amides is 1. The fourth-order valence-corrected chi connectivity index (χ4v) is 2.76. The number of likely N-dealkylation sites (N-methyl/N-ethyl adjacent to an activating group) is 2. The zero-order valence-corrected chi connectivity index (χ0v) is 14.7. The van der Waals surface area contributed by atoms with Crippen LogP contribution in [0.25, 0.3) is 0 Å². The number of nitrogens with two attached hydrogens (primary N) is 1. The second-order valence-corrected chi connectivity index (χ2v) is 6.05. The zero-order chi connectivity index (χ0) is 17.7. The second-order valence-electron chi connectivity index (χ2n) is 6.05. The maximum atomic E-state index is 11.5. The Morgan fingerprint density at radius 3 is 2.33 bits per heavy atom. The third kappa shape index (κ3) is 4.06. The molecule has 0 bridgehead atoms. The molecule has 2 N–H and O–H groups in total. The molecule has 0 fully saturated rings. The van der Waals surface area contributed by atoms with Gasteiger partial charge in [-0.25, -0.2) is 0 Å². The molecule has 5 heteroatoms. The molecule has 24 heavy (non-hydrogen) atoms. The maximum absolute atomic E-state index is 11.5. The van der Waals surface area contributed by atoms with E-state index in [1.165, 1.54) is 5.56 Å². The molecular weight excluding hydrogens is 302 g/mol. The number of ether oxygens (including phenoxy) is 1. The average Bonchev–Trinajstić information content (AvgIpc) is 2.59. The first-order valence-electron chi connectivity index (χ1n) is 7.84. The van der Waals surface area contributed by atoms with Crippen LogP contribution < -0.4 is 15.4 Å². The van der Waals surface area contributed by atoms with Gasteiger partial charge < -0.3 is 20.3 Å². The minimum atomic E-state index is -0.492. The summed E-state index contributed by atoms with van der Waals surface area (Å²) in [5.41, 5.74) is 7.98. The maximum Gasteiger partial charge on any atom is 0.252 e. The molecule has 0 aliphatic heterocycles. The summed E-state index contributed by atoms with van der Waals surface area (Å²) in [5, 5.41) is 0. The molecule has 2 aromatic rings. The van der Waals surface area contributed by atoms with Crippen molar-refractivity contribution < 1.29 is 9.53 Å². The van der Waals surface area contributed by atoms with Gasteiger partial charge in [0.2, 0.25) is 0 Å². The van der Waals surface area contributed by atoms with Crippen molar-refractivity contribution in [3.8, 4) is 5.75 Å². The highest BCUT2D eigenvalue weighted by molar-refractivity contribution is 5.96. The molecule has 0 radical (unpaired) electrons. The lowest BCUT2D eigenvalue weighted by Crippen LogP contribution is -2.33. The summed E-state index contributed by atoms with van der Waals surface area (Å²) in [6.07, 6.45) is 0. The van der Waals surface area contributed by atoms with Crippen LogP contribution in [0.4, 0.5) is 5.69 Å².